The van der Waals surface area contributed by atoms with Gasteiger partial charge in [-0.15, -0.1) is 0 Å². The van der Waals surface area contributed by atoms with Gasteiger partial charge in [0, 0.05) is 24.7 Å². The van der Waals surface area contributed by atoms with E-state index in [-0.39, 0.29) is 18.8 Å². The van der Waals surface area contributed by atoms with E-state index >= 15 is 0 Å². The lowest BCUT2D eigenvalue weighted by molar-refractivity contribution is -0.162. The molecule has 0 N–H and O–H groups in total. The van der Waals surface area contributed by atoms with Gasteiger partial charge >= 0.3 is 5.97 Å². The van der Waals surface area contributed by atoms with E-state index in [0.29, 0.717) is 11.1 Å². The Morgan fingerprint density at radius 2 is 1.95 bits per heavy atom. The topological polar surface area (TPSA) is 52.6 Å². The number of esters is 1. The minimum absolute atomic E-state index is 0.0691. The van der Waals surface area contributed by atoms with Gasteiger partial charge in [0.05, 0.1) is 6.61 Å². The maximum absolute atomic E-state index is 12.3. The Morgan fingerprint density at radius 3 is 2.48 bits per heavy atom. The number of rotatable bonds is 5. The smallest absolute Gasteiger partial charge is 0.342 e. The van der Waals surface area contributed by atoms with Gasteiger partial charge in [-0.25, -0.2) is 4.79 Å². The molecular formula is C17H18O4. The highest BCUT2D eigenvalue weighted by Crippen LogP contribution is 2.27. The maximum atomic E-state index is 12.3. The molecule has 0 fully saturated rings. The molecule has 0 heterocycles. The summed E-state index contributed by atoms with van der Waals surface area (Å²) in [5, 5.41) is 0. The third kappa shape index (κ3) is 3.11. The molecule has 0 saturated heterocycles. The van der Waals surface area contributed by atoms with E-state index in [0.717, 1.165) is 0 Å². The van der Waals surface area contributed by atoms with Crippen molar-refractivity contribution < 1.29 is 19.1 Å². The molecule has 0 radical (unpaired) electrons. The van der Waals surface area contributed by atoms with Crippen molar-refractivity contribution in [1.82, 2.24) is 0 Å². The molecule has 4 nitrogen and oxygen atoms in total. The highest BCUT2D eigenvalue weighted by molar-refractivity contribution is 6.11. The van der Waals surface area contributed by atoms with Crippen molar-refractivity contribution in [3.05, 3.63) is 59.7 Å². The van der Waals surface area contributed by atoms with E-state index in [9.17, 15) is 9.59 Å². The van der Waals surface area contributed by atoms with Crippen LogP contribution in [0, 0.1) is 0 Å². The first-order valence-electron chi connectivity index (χ1n) is 6.84. The summed E-state index contributed by atoms with van der Waals surface area (Å²) in [5.41, 5.74) is 0.0452. The first-order valence-corrected chi connectivity index (χ1v) is 6.84. The average molecular weight is 286 g/mol. The van der Waals surface area contributed by atoms with E-state index in [4.69, 9.17) is 9.47 Å². The summed E-state index contributed by atoms with van der Waals surface area (Å²) in [5.74, 6) is -0.508. The number of allylic oxidation sites excluding steroid dienone is 2. The molecule has 0 bridgehead atoms. The zero-order chi connectivity index (χ0) is 15.3. The van der Waals surface area contributed by atoms with Crippen LogP contribution in [-0.2, 0) is 14.3 Å². The van der Waals surface area contributed by atoms with Gasteiger partial charge in [-0.3, -0.25) is 4.79 Å². The second-order valence-electron chi connectivity index (χ2n) is 4.71. The molecule has 0 aliphatic heterocycles. The lowest BCUT2D eigenvalue weighted by atomic mass is 9.89. The van der Waals surface area contributed by atoms with E-state index in [1.807, 2.05) is 18.2 Å². The maximum Gasteiger partial charge on any atom is 0.342 e. The number of benzene rings is 1. The number of carbonyl (C=O) groups excluding carboxylic acids is 2. The molecular weight excluding hydrogens is 268 g/mol. The number of ketones is 1. The molecule has 0 spiro atoms. The van der Waals surface area contributed by atoms with Gasteiger partial charge in [0.2, 0.25) is 0 Å². The summed E-state index contributed by atoms with van der Waals surface area (Å²) >= 11 is 0. The van der Waals surface area contributed by atoms with Crippen LogP contribution in [0.1, 0.15) is 23.7 Å². The predicted octanol–water partition coefficient (Wildman–Crippen LogP) is 2.70. The molecule has 4 heteroatoms. The van der Waals surface area contributed by atoms with Gasteiger partial charge in [-0.05, 0) is 13.0 Å². The van der Waals surface area contributed by atoms with Gasteiger partial charge in [0.25, 0.3) is 0 Å². The first-order chi connectivity index (χ1) is 10.1. The Hall–Kier alpha value is -2.20. The molecule has 1 aliphatic carbocycles. The molecule has 2 rings (SSSR count). The lowest BCUT2D eigenvalue weighted by Gasteiger charge is -2.28. The fourth-order valence-corrected chi connectivity index (χ4v) is 2.19. The minimum Gasteiger partial charge on any atom is -0.464 e. The summed E-state index contributed by atoms with van der Waals surface area (Å²) in [6.07, 6.45) is 5.23. The fourth-order valence-electron chi connectivity index (χ4n) is 2.19. The second kappa shape index (κ2) is 6.50. The minimum atomic E-state index is -1.13. The van der Waals surface area contributed by atoms with Crippen molar-refractivity contribution >= 4 is 11.8 Å². The van der Waals surface area contributed by atoms with Crippen LogP contribution in [-0.4, -0.2) is 31.1 Å². The third-order valence-corrected chi connectivity index (χ3v) is 3.44. The fraction of sp³-hybridized carbons (Fsp3) is 0.294. The standard InChI is InChI=1S/C17H18O4/c1-3-21-16(19)17(20-2)11-9-14(10-12-17)15(18)13-7-5-4-6-8-13/h4-11H,3,12H2,1-2H3. The summed E-state index contributed by atoms with van der Waals surface area (Å²) < 4.78 is 10.3. The van der Waals surface area contributed by atoms with Gasteiger partial charge in [-0.2, -0.15) is 0 Å². The summed E-state index contributed by atoms with van der Waals surface area (Å²) in [7, 11) is 1.46. The van der Waals surface area contributed by atoms with Crippen LogP contribution in [0.3, 0.4) is 0 Å². The van der Waals surface area contributed by atoms with Crippen molar-refractivity contribution in [2.24, 2.45) is 0 Å². The molecule has 0 saturated carbocycles. The number of Topliss-reactive ketones (excluding diaryl/α,β-unsaturated/α-hetero) is 1. The summed E-state index contributed by atoms with van der Waals surface area (Å²) in [6, 6.07) is 9.02. The third-order valence-electron chi connectivity index (χ3n) is 3.44. The van der Waals surface area contributed by atoms with Crippen molar-refractivity contribution in [2.75, 3.05) is 13.7 Å². The van der Waals surface area contributed by atoms with Crippen LogP contribution in [0.25, 0.3) is 0 Å². The van der Waals surface area contributed by atoms with Crippen molar-refractivity contribution in [2.45, 2.75) is 18.9 Å². The number of carbonyl (C=O) groups is 2. The van der Waals surface area contributed by atoms with Crippen LogP contribution in [0.2, 0.25) is 0 Å². The Bertz CT molecular complexity index is 586. The van der Waals surface area contributed by atoms with Crippen LogP contribution >= 0.6 is 0 Å². The van der Waals surface area contributed by atoms with Gasteiger partial charge in [0.15, 0.2) is 11.4 Å². The molecule has 110 valence electrons. The van der Waals surface area contributed by atoms with Crippen LogP contribution in [0.15, 0.2) is 54.1 Å². The zero-order valence-corrected chi connectivity index (χ0v) is 12.2. The highest BCUT2D eigenvalue weighted by Gasteiger charge is 2.38. The Balaban J connectivity index is 2.17. The van der Waals surface area contributed by atoms with Gasteiger partial charge < -0.3 is 9.47 Å². The number of hydrogen-bond donors (Lipinski definition) is 0. The van der Waals surface area contributed by atoms with Gasteiger partial charge in [0.1, 0.15) is 0 Å². The predicted molar refractivity (Wildman–Crippen MR) is 79.0 cm³/mol. The molecule has 1 aromatic rings. The van der Waals surface area contributed by atoms with Crippen LogP contribution in [0.5, 0.6) is 0 Å². The molecule has 21 heavy (non-hydrogen) atoms. The quantitative estimate of drug-likeness (QED) is 0.617. The summed E-state index contributed by atoms with van der Waals surface area (Å²) in [6.45, 7) is 2.03. The Kier molecular flexibility index (Phi) is 4.70. The van der Waals surface area contributed by atoms with Crippen molar-refractivity contribution in [3.8, 4) is 0 Å². The van der Waals surface area contributed by atoms with E-state index in [2.05, 4.69) is 0 Å². The lowest BCUT2D eigenvalue weighted by Crippen LogP contribution is -2.41. The van der Waals surface area contributed by atoms with Crippen LogP contribution in [0.4, 0.5) is 0 Å². The molecule has 0 aromatic heterocycles. The molecule has 1 atom stereocenters. The monoisotopic (exact) mass is 286 g/mol. The first kappa shape index (κ1) is 15.2. The molecule has 1 unspecified atom stereocenters. The van der Waals surface area contributed by atoms with Crippen molar-refractivity contribution in [3.63, 3.8) is 0 Å². The van der Waals surface area contributed by atoms with Crippen molar-refractivity contribution in [1.29, 1.82) is 0 Å². The second-order valence-corrected chi connectivity index (χ2v) is 4.71. The Morgan fingerprint density at radius 1 is 1.24 bits per heavy atom. The average Bonchev–Trinajstić information content (AvgIpc) is 2.55. The number of ether oxygens (including phenoxy) is 2. The number of methoxy groups -OCH3 is 1. The van der Waals surface area contributed by atoms with Crippen LogP contribution < -0.4 is 0 Å². The van der Waals surface area contributed by atoms with E-state index < -0.39 is 11.6 Å². The molecule has 1 aromatic carbocycles. The largest absolute Gasteiger partial charge is 0.464 e. The highest BCUT2D eigenvalue weighted by atomic mass is 16.6. The van der Waals surface area contributed by atoms with E-state index in [1.54, 1.807) is 37.3 Å². The zero-order valence-electron chi connectivity index (χ0n) is 12.2. The Labute approximate surface area is 124 Å². The van der Waals surface area contributed by atoms with Gasteiger partial charge in [-0.1, -0.05) is 42.5 Å². The normalized spacial score (nSPS) is 20.8. The number of hydrogen-bond acceptors (Lipinski definition) is 4. The molecule has 0 amide bonds. The SMILES string of the molecule is CCOC(=O)C1(OC)C=CC(C(=O)c2ccccc2)=CC1. The summed E-state index contributed by atoms with van der Waals surface area (Å²) in [4.78, 5) is 24.3. The molecule has 1 aliphatic rings. The van der Waals surface area contributed by atoms with E-state index in [1.165, 1.54) is 7.11 Å².